The summed E-state index contributed by atoms with van der Waals surface area (Å²) in [7, 11) is 0. The third-order valence-corrected chi connectivity index (χ3v) is 5.18. The molecule has 0 aliphatic rings. The van der Waals surface area contributed by atoms with Crippen LogP contribution in [0.2, 0.25) is 0 Å². The number of phenolic OH excluding ortho intramolecular Hbond substituents is 2. The van der Waals surface area contributed by atoms with Gasteiger partial charge in [-0.15, -0.1) is 11.3 Å². The molecule has 124 valence electrons. The van der Waals surface area contributed by atoms with E-state index in [2.05, 4.69) is 0 Å². The molecule has 0 bridgehead atoms. The van der Waals surface area contributed by atoms with Gasteiger partial charge in [-0.05, 0) is 67.1 Å². The van der Waals surface area contributed by atoms with Crippen molar-refractivity contribution in [3.05, 3.63) is 72.3 Å². The molecule has 0 saturated carbocycles. The second kappa shape index (κ2) is 6.15. The Labute approximate surface area is 149 Å². The standard InChI is InChI=1S/C21H16O3S/c1-13-2-9-17(10-3-13)24-20-18-11-8-16(23)12-19(18)25-21(20)14-4-6-15(22)7-5-14/h2-12,22-23H,1H3. The van der Waals surface area contributed by atoms with Gasteiger partial charge in [0.25, 0.3) is 0 Å². The van der Waals surface area contributed by atoms with E-state index in [0.29, 0.717) is 0 Å². The van der Waals surface area contributed by atoms with Crippen molar-refractivity contribution in [1.29, 1.82) is 0 Å². The molecule has 0 fully saturated rings. The van der Waals surface area contributed by atoms with Gasteiger partial charge in [0.05, 0.1) is 4.88 Å². The predicted molar refractivity (Wildman–Crippen MR) is 102 cm³/mol. The predicted octanol–water partition coefficient (Wildman–Crippen LogP) is 6.08. The van der Waals surface area contributed by atoms with Gasteiger partial charge in [0.2, 0.25) is 0 Å². The molecule has 0 saturated heterocycles. The molecule has 1 heterocycles. The van der Waals surface area contributed by atoms with E-state index in [4.69, 9.17) is 4.74 Å². The van der Waals surface area contributed by atoms with E-state index < -0.39 is 0 Å². The number of phenols is 2. The van der Waals surface area contributed by atoms with Crippen LogP contribution in [0.5, 0.6) is 23.0 Å². The third kappa shape index (κ3) is 3.04. The van der Waals surface area contributed by atoms with Gasteiger partial charge in [-0.25, -0.2) is 0 Å². The van der Waals surface area contributed by atoms with Gasteiger partial charge in [0.1, 0.15) is 17.2 Å². The number of aromatic hydroxyl groups is 2. The molecule has 0 unspecified atom stereocenters. The molecule has 0 aliphatic carbocycles. The minimum Gasteiger partial charge on any atom is -0.508 e. The normalized spacial score (nSPS) is 10.9. The second-order valence-corrected chi connectivity index (χ2v) is 6.95. The highest BCUT2D eigenvalue weighted by Gasteiger charge is 2.17. The lowest BCUT2D eigenvalue weighted by Crippen LogP contribution is -1.85. The lowest BCUT2D eigenvalue weighted by molar-refractivity contribution is 0.475. The van der Waals surface area contributed by atoms with Gasteiger partial charge in [-0.2, -0.15) is 0 Å². The summed E-state index contributed by atoms with van der Waals surface area (Å²) in [6, 6.07) is 20.2. The van der Waals surface area contributed by atoms with Crippen LogP contribution in [0, 0.1) is 6.92 Å². The third-order valence-electron chi connectivity index (χ3n) is 4.00. The van der Waals surface area contributed by atoms with E-state index >= 15 is 0 Å². The van der Waals surface area contributed by atoms with E-state index in [1.54, 1.807) is 35.6 Å². The highest BCUT2D eigenvalue weighted by atomic mass is 32.1. The summed E-state index contributed by atoms with van der Waals surface area (Å²) in [6.07, 6.45) is 0. The van der Waals surface area contributed by atoms with Gasteiger partial charge >= 0.3 is 0 Å². The highest BCUT2D eigenvalue weighted by molar-refractivity contribution is 7.22. The maximum Gasteiger partial charge on any atom is 0.153 e. The lowest BCUT2D eigenvalue weighted by Gasteiger charge is -2.08. The van der Waals surface area contributed by atoms with Gasteiger partial charge < -0.3 is 14.9 Å². The lowest BCUT2D eigenvalue weighted by atomic mass is 10.1. The Balaban J connectivity index is 1.88. The molecular weight excluding hydrogens is 332 g/mol. The molecule has 1 aromatic heterocycles. The largest absolute Gasteiger partial charge is 0.508 e. The number of benzene rings is 3. The maximum atomic E-state index is 9.79. The van der Waals surface area contributed by atoms with Crippen LogP contribution in [0.25, 0.3) is 20.5 Å². The quantitative estimate of drug-likeness (QED) is 0.472. The van der Waals surface area contributed by atoms with Crippen LogP contribution in [-0.4, -0.2) is 10.2 Å². The molecule has 0 spiro atoms. The Hall–Kier alpha value is -2.98. The van der Waals surface area contributed by atoms with Gasteiger partial charge in [0, 0.05) is 10.1 Å². The van der Waals surface area contributed by atoms with Crippen LogP contribution in [0.3, 0.4) is 0 Å². The number of aryl methyl sites for hydroxylation is 1. The smallest absolute Gasteiger partial charge is 0.153 e. The molecule has 4 rings (SSSR count). The molecule has 3 aromatic carbocycles. The molecule has 4 aromatic rings. The summed E-state index contributed by atoms with van der Waals surface area (Å²) in [5.41, 5.74) is 2.13. The van der Waals surface area contributed by atoms with E-state index in [9.17, 15) is 10.2 Å². The average Bonchev–Trinajstić information content (AvgIpc) is 2.95. The molecule has 25 heavy (non-hydrogen) atoms. The average molecular weight is 348 g/mol. The number of hydrogen-bond acceptors (Lipinski definition) is 4. The number of fused-ring (bicyclic) bond motifs is 1. The zero-order chi connectivity index (χ0) is 17.4. The van der Waals surface area contributed by atoms with E-state index in [1.807, 2.05) is 49.4 Å². The fourth-order valence-corrected chi connectivity index (χ4v) is 3.86. The highest BCUT2D eigenvalue weighted by Crippen LogP contribution is 2.47. The Kier molecular flexibility index (Phi) is 3.82. The molecule has 0 amide bonds. The van der Waals surface area contributed by atoms with E-state index in [1.165, 1.54) is 5.56 Å². The van der Waals surface area contributed by atoms with Crippen molar-refractivity contribution >= 4 is 21.4 Å². The Morgan fingerprint density at radius 3 is 2.20 bits per heavy atom. The second-order valence-electron chi connectivity index (χ2n) is 5.90. The SMILES string of the molecule is Cc1ccc(Oc2c(-c3ccc(O)cc3)sc3cc(O)ccc23)cc1. The van der Waals surface area contributed by atoms with Crippen molar-refractivity contribution in [2.24, 2.45) is 0 Å². The zero-order valence-corrected chi connectivity index (χ0v) is 14.4. The van der Waals surface area contributed by atoms with Crippen LogP contribution in [0.4, 0.5) is 0 Å². The van der Waals surface area contributed by atoms with Crippen LogP contribution < -0.4 is 4.74 Å². The Bertz CT molecular complexity index is 1030. The van der Waals surface area contributed by atoms with E-state index in [0.717, 1.165) is 32.0 Å². The molecule has 4 heteroatoms. The number of hydrogen-bond donors (Lipinski definition) is 2. The summed E-state index contributed by atoms with van der Waals surface area (Å²) in [4.78, 5) is 0.959. The fraction of sp³-hybridized carbons (Fsp3) is 0.0476. The van der Waals surface area contributed by atoms with Crippen LogP contribution in [0.1, 0.15) is 5.56 Å². The monoisotopic (exact) mass is 348 g/mol. The molecule has 2 N–H and O–H groups in total. The van der Waals surface area contributed by atoms with E-state index in [-0.39, 0.29) is 11.5 Å². The minimum absolute atomic E-state index is 0.225. The topological polar surface area (TPSA) is 49.7 Å². The summed E-state index contributed by atoms with van der Waals surface area (Å²) in [5.74, 6) is 1.98. The molecular formula is C21H16O3S. The minimum atomic E-state index is 0.225. The first-order chi connectivity index (χ1) is 12.1. The first-order valence-electron chi connectivity index (χ1n) is 7.89. The van der Waals surface area contributed by atoms with Crippen LogP contribution >= 0.6 is 11.3 Å². The molecule has 3 nitrogen and oxygen atoms in total. The van der Waals surface area contributed by atoms with Crippen molar-refractivity contribution in [3.63, 3.8) is 0 Å². The maximum absolute atomic E-state index is 9.79. The van der Waals surface area contributed by atoms with Gasteiger partial charge in [-0.3, -0.25) is 0 Å². The van der Waals surface area contributed by atoms with Crippen molar-refractivity contribution in [3.8, 4) is 33.4 Å². The number of thiophene rings is 1. The number of ether oxygens (including phenoxy) is 1. The summed E-state index contributed by atoms with van der Waals surface area (Å²) < 4.78 is 7.16. The fourth-order valence-electron chi connectivity index (χ4n) is 2.69. The summed E-state index contributed by atoms with van der Waals surface area (Å²) in [6.45, 7) is 2.04. The molecule has 0 aliphatic heterocycles. The number of rotatable bonds is 3. The Morgan fingerprint density at radius 2 is 1.48 bits per heavy atom. The first-order valence-corrected chi connectivity index (χ1v) is 8.71. The van der Waals surface area contributed by atoms with Crippen LogP contribution in [-0.2, 0) is 0 Å². The Morgan fingerprint density at radius 1 is 0.800 bits per heavy atom. The van der Waals surface area contributed by atoms with Crippen LogP contribution in [0.15, 0.2) is 66.7 Å². The summed E-state index contributed by atoms with van der Waals surface area (Å²) >= 11 is 1.55. The van der Waals surface area contributed by atoms with Crippen molar-refractivity contribution in [2.75, 3.05) is 0 Å². The van der Waals surface area contributed by atoms with Crippen molar-refractivity contribution in [2.45, 2.75) is 6.92 Å². The molecule has 0 radical (unpaired) electrons. The van der Waals surface area contributed by atoms with Gasteiger partial charge in [-0.1, -0.05) is 17.7 Å². The van der Waals surface area contributed by atoms with Crippen molar-refractivity contribution < 1.29 is 14.9 Å². The zero-order valence-electron chi connectivity index (χ0n) is 13.6. The first kappa shape index (κ1) is 15.5. The summed E-state index contributed by atoms with van der Waals surface area (Å²) in [5, 5.41) is 20.3. The van der Waals surface area contributed by atoms with Gasteiger partial charge in [0.15, 0.2) is 5.75 Å². The van der Waals surface area contributed by atoms with Crippen molar-refractivity contribution in [1.82, 2.24) is 0 Å². The molecule has 0 atom stereocenters.